The highest BCUT2D eigenvalue weighted by molar-refractivity contribution is 6.05. The number of rotatable bonds is 12. The minimum absolute atomic E-state index is 0.104. The zero-order valence-corrected chi connectivity index (χ0v) is 24.6. The highest BCUT2D eigenvalue weighted by Gasteiger charge is 2.45. The molecule has 11 nitrogen and oxygen atoms in total. The number of amides is 4. The molecule has 1 fully saturated rings. The van der Waals surface area contributed by atoms with Crippen molar-refractivity contribution in [3.05, 3.63) is 101 Å². The molecular weight excluding hydrogens is 576 g/mol. The molecule has 0 aliphatic carbocycles. The van der Waals surface area contributed by atoms with E-state index in [1.807, 2.05) is 48.5 Å². The second kappa shape index (κ2) is 13.4. The zero-order valence-electron chi connectivity index (χ0n) is 24.6. The van der Waals surface area contributed by atoms with Gasteiger partial charge >= 0.3 is 0 Å². The van der Waals surface area contributed by atoms with Crippen molar-refractivity contribution in [1.82, 2.24) is 20.5 Å². The standard InChI is InChI=1S/C34H34N4O7/c39-28-15-14-25(32(41)37-28)38-33(42)24-12-6-10-21(30(24)34(38)43)8-2-1-5-17-44-20-29(40)36-31(23-11-7-16-35-19-23)27-18-22-9-3-4-13-26(22)45-27/h3-4,6-7,9-13,16,18-19,25,31,34,43H,1-2,5,8,14-15,17,20H2,(H,36,40)(H,37,39,41). The highest BCUT2D eigenvalue weighted by Crippen LogP contribution is 2.38. The Labute approximate surface area is 259 Å². The van der Waals surface area contributed by atoms with Gasteiger partial charge in [0, 0.05) is 47.5 Å². The van der Waals surface area contributed by atoms with Gasteiger partial charge in [-0.25, -0.2) is 0 Å². The van der Waals surface area contributed by atoms with Gasteiger partial charge in [0.1, 0.15) is 30.0 Å². The molecule has 4 aromatic rings. The molecule has 3 unspecified atom stereocenters. The number of hydrogen-bond donors (Lipinski definition) is 3. The second-order valence-electron chi connectivity index (χ2n) is 11.3. The number of aromatic nitrogens is 1. The predicted molar refractivity (Wildman–Crippen MR) is 163 cm³/mol. The Morgan fingerprint density at radius 3 is 2.76 bits per heavy atom. The Hall–Kier alpha value is -4.87. The van der Waals surface area contributed by atoms with Crippen LogP contribution in [0.3, 0.4) is 0 Å². The molecule has 2 aromatic heterocycles. The molecule has 3 N–H and O–H groups in total. The van der Waals surface area contributed by atoms with Gasteiger partial charge in [-0.15, -0.1) is 0 Å². The van der Waals surface area contributed by atoms with Crippen molar-refractivity contribution in [2.45, 2.75) is 56.8 Å². The van der Waals surface area contributed by atoms with Crippen LogP contribution in [-0.2, 0) is 25.5 Å². The summed E-state index contributed by atoms with van der Waals surface area (Å²) in [6.07, 6.45) is 5.36. The van der Waals surface area contributed by atoms with Gasteiger partial charge in [-0.3, -0.25) is 34.4 Å². The molecule has 6 rings (SSSR count). The molecule has 0 spiro atoms. The summed E-state index contributed by atoms with van der Waals surface area (Å²) >= 11 is 0. The summed E-state index contributed by atoms with van der Waals surface area (Å²) in [5.41, 5.74) is 3.28. The maximum absolute atomic E-state index is 13.1. The molecule has 0 radical (unpaired) electrons. The average molecular weight is 611 g/mol. The largest absolute Gasteiger partial charge is 0.459 e. The van der Waals surface area contributed by atoms with Crippen LogP contribution in [0.1, 0.15) is 77.2 Å². The zero-order chi connectivity index (χ0) is 31.3. The molecule has 3 atom stereocenters. The molecule has 0 saturated carbocycles. The van der Waals surface area contributed by atoms with Gasteiger partial charge in [-0.1, -0.05) is 42.8 Å². The first-order valence-corrected chi connectivity index (χ1v) is 15.1. The predicted octanol–water partition coefficient (Wildman–Crippen LogP) is 3.71. The Balaban J connectivity index is 0.976. The third-order valence-corrected chi connectivity index (χ3v) is 8.25. The number of unbranched alkanes of at least 4 members (excludes halogenated alkanes) is 2. The number of benzene rings is 2. The third-order valence-electron chi connectivity index (χ3n) is 8.25. The molecule has 4 amide bonds. The number of ether oxygens (including phenoxy) is 1. The first-order chi connectivity index (χ1) is 21.9. The van der Waals surface area contributed by atoms with Crippen molar-refractivity contribution in [3.8, 4) is 0 Å². The van der Waals surface area contributed by atoms with Crippen molar-refractivity contribution in [2.75, 3.05) is 13.2 Å². The Kier molecular flexibility index (Phi) is 8.99. The van der Waals surface area contributed by atoms with Crippen LogP contribution in [0.15, 0.2) is 77.5 Å². The number of furan rings is 1. The first kappa shape index (κ1) is 30.2. The van der Waals surface area contributed by atoms with E-state index in [1.165, 1.54) is 4.90 Å². The van der Waals surface area contributed by atoms with E-state index in [-0.39, 0.29) is 31.3 Å². The number of aryl methyl sites for hydroxylation is 1. The molecule has 2 aliphatic rings. The minimum atomic E-state index is -1.25. The number of aliphatic hydroxyl groups is 1. The van der Waals surface area contributed by atoms with Crippen LogP contribution in [0, 0.1) is 0 Å². The number of carbonyl (C=O) groups excluding carboxylic acids is 4. The van der Waals surface area contributed by atoms with Crippen molar-refractivity contribution in [1.29, 1.82) is 0 Å². The number of para-hydroxylation sites is 1. The molecule has 0 bridgehead atoms. The molecule has 45 heavy (non-hydrogen) atoms. The number of fused-ring (bicyclic) bond motifs is 2. The second-order valence-corrected chi connectivity index (χ2v) is 11.3. The lowest BCUT2D eigenvalue weighted by molar-refractivity contribution is -0.139. The fourth-order valence-corrected chi connectivity index (χ4v) is 6.05. The van der Waals surface area contributed by atoms with Gasteiger partial charge in [0.2, 0.25) is 17.7 Å². The van der Waals surface area contributed by atoms with Crippen molar-refractivity contribution >= 4 is 34.6 Å². The van der Waals surface area contributed by atoms with E-state index in [0.29, 0.717) is 29.9 Å². The first-order valence-electron chi connectivity index (χ1n) is 15.1. The fraction of sp³-hybridized carbons (Fsp3) is 0.324. The van der Waals surface area contributed by atoms with Crippen LogP contribution < -0.4 is 10.6 Å². The number of nitrogens with zero attached hydrogens (tertiary/aromatic N) is 2. The summed E-state index contributed by atoms with van der Waals surface area (Å²) in [6.45, 7) is 0.292. The Bertz CT molecular complexity index is 1690. The van der Waals surface area contributed by atoms with E-state index in [9.17, 15) is 24.3 Å². The molecule has 2 aliphatic heterocycles. The smallest absolute Gasteiger partial charge is 0.257 e. The summed E-state index contributed by atoms with van der Waals surface area (Å²) in [5.74, 6) is -1.02. The van der Waals surface area contributed by atoms with E-state index in [1.54, 1.807) is 24.5 Å². The van der Waals surface area contributed by atoms with E-state index in [0.717, 1.165) is 41.4 Å². The van der Waals surface area contributed by atoms with Crippen molar-refractivity contribution < 1.29 is 33.4 Å². The SMILES string of the molecule is O=C1CCC(N2C(=O)c3cccc(CCCCCOCC(=O)NC(c4cccnc4)c4cc5ccccc5o4)c3C2O)C(=O)N1. The molecule has 11 heteroatoms. The summed E-state index contributed by atoms with van der Waals surface area (Å²) in [5, 5.41) is 17.3. The number of nitrogens with one attached hydrogen (secondary N) is 2. The topological polar surface area (TPSA) is 151 Å². The Morgan fingerprint density at radius 2 is 1.96 bits per heavy atom. The maximum atomic E-state index is 13.1. The van der Waals surface area contributed by atoms with Gasteiger partial charge in [0.15, 0.2) is 6.23 Å². The van der Waals surface area contributed by atoms with Gasteiger partial charge in [-0.05, 0) is 55.5 Å². The lowest BCUT2D eigenvalue weighted by Gasteiger charge is -2.32. The Morgan fingerprint density at radius 1 is 1.09 bits per heavy atom. The van der Waals surface area contributed by atoms with Crippen LogP contribution in [0.25, 0.3) is 11.0 Å². The summed E-state index contributed by atoms with van der Waals surface area (Å²) in [7, 11) is 0. The average Bonchev–Trinajstić information content (AvgIpc) is 3.58. The van der Waals surface area contributed by atoms with Crippen LogP contribution in [0.5, 0.6) is 0 Å². The molecule has 1 saturated heterocycles. The van der Waals surface area contributed by atoms with Crippen LogP contribution >= 0.6 is 0 Å². The number of carbonyl (C=O) groups is 4. The number of aliphatic hydroxyl groups excluding tert-OH is 1. The number of imide groups is 1. The van der Waals surface area contributed by atoms with E-state index in [4.69, 9.17) is 9.15 Å². The molecule has 2 aromatic carbocycles. The quantitative estimate of drug-likeness (QED) is 0.162. The summed E-state index contributed by atoms with van der Waals surface area (Å²) < 4.78 is 11.7. The number of hydrogen-bond acceptors (Lipinski definition) is 8. The minimum Gasteiger partial charge on any atom is -0.459 e. The van der Waals surface area contributed by atoms with Gasteiger partial charge in [0.25, 0.3) is 5.91 Å². The normalized spacial score (nSPS) is 18.6. The van der Waals surface area contributed by atoms with E-state index in [2.05, 4.69) is 15.6 Å². The van der Waals surface area contributed by atoms with Gasteiger partial charge < -0.3 is 19.6 Å². The van der Waals surface area contributed by atoms with E-state index >= 15 is 0 Å². The van der Waals surface area contributed by atoms with Gasteiger partial charge in [0.05, 0.1) is 0 Å². The fourth-order valence-electron chi connectivity index (χ4n) is 6.05. The molecule has 232 valence electrons. The monoisotopic (exact) mass is 610 g/mol. The van der Waals surface area contributed by atoms with Crippen LogP contribution in [0.2, 0.25) is 0 Å². The van der Waals surface area contributed by atoms with Gasteiger partial charge in [-0.2, -0.15) is 0 Å². The molecular formula is C34H34N4O7. The number of piperidine rings is 1. The van der Waals surface area contributed by atoms with E-state index < -0.39 is 30.1 Å². The lowest BCUT2D eigenvalue weighted by atomic mass is 9.97. The van der Waals surface area contributed by atoms with Crippen molar-refractivity contribution in [3.63, 3.8) is 0 Å². The maximum Gasteiger partial charge on any atom is 0.257 e. The summed E-state index contributed by atoms with van der Waals surface area (Å²) in [4.78, 5) is 55.3. The third kappa shape index (κ3) is 6.50. The van der Waals surface area contributed by atoms with Crippen LogP contribution in [-0.4, -0.2) is 57.9 Å². The lowest BCUT2D eigenvalue weighted by Crippen LogP contribution is -2.53. The highest BCUT2D eigenvalue weighted by atomic mass is 16.5. The molecule has 4 heterocycles. The van der Waals surface area contributed by atoms with Crippen LogP contribution in [0.4, 0.5) is 0 Å². The van der Waals surface area contributed by atoms with Crippen molar-refractivity contribution in [2.24, 2.45) is 0 Å². The summed E-state index contributed by atoms with van der Waals surface area (Å²) in [6, 6.07) is 17.2. The number of pyridine rings is 1.